The van der Waals surface area contributed by atoms with Gasteiger partial charge >= 0.3 is 0 Å². The summed E-state index contributed by atoms with van der Waals surface area (Å²) in [5.74, 6) is 0.591. The van der Waals surface area contributed by atoms with Crippen molar-refractivity contribution in [1.82, 2.24) is 9.21 Å². The highest BCUT2D eigenvalue weighted by Crippen LogP contribution is 2.19. The highest BCUT2D eigenvalue weighted by molar-refractivity contribution is 7.89. The molecule has 1 heterocycles. The van der Waals surface area contributed by atoms with Crippen LogP contribution < -0.4 is 0 Å². The summed E-state index contributed by atoms with van der Waals surface area (Å²) in [4.78, 5) is 2.33. The molecular weight excluding hydrogens is 260 g/mol. The molecule has 0 N–H and O–H groups in total. The highest BCUT2D eigenvalue weighted by atomic mass is 35.5. The third kappa shape index (κ3) is 4.09. The third-order valence-electron chi connectivity index (χ3n) is 3.38. The monoisotopic (exact) mass is 282 g/mol. The molecule has 4 nitrogen and oxygen atoms in total. The molecule has 1 atom stereocenters. The first-order chi connectivity index (χ1) is 8.05. The van der Waals surface area contributed by atoms with Crippen molar-refractivity contribution >= 4 is 21.6 Å². The first-order valence-corrected chi connectivity index (χ1v) is 8.47. The second-order valence-corrected chi connectivity index (χ2v) is 6.85. The van der Waals surface area contributed by atoms with Gasteiger partial charge in [-0.25, -0.2) is 12.7 Å². The third-order valence-corrected chi connectivity index (χ3v) is 5.57. The summed E-state index contributed by atoms with van der Waals surface area (Å²) < 4.78 is 25.6. The minimum absolute atomic E-state index is 0.182. The maximum atomic E-state index is 12.0. The molecule has 0 aromatic heterocycles. The van der Waals surface area contributed by atoms with E-state index in [2.05, 4.69) is 18.7 Å². The first kappa shape index (κ1) is 15.2. The lowest BCUT2D eigenvalue weighted by atomic mass is 10.2. The Labute approximate surface area is 110 Å². The SMILES string of the molecule is CCN(CC)C1CCN(S(=O)(=O)CCCCl)C1. The zero-order valence-corrected chi connectivity index (χ0v) is 12.3. The van der Waals surface area contributed by atoms with E-state index in [1.54, 1.807) is 4.31 Å². The van der Waals surface area contributed by atoms with E-state index in [1.165, 1.54) is 0 Å². The molecule has 1 saturated heterocycles. The van der Waals surface area contributed by atoms with E-state index >= 15 is 0 Å². The van der Waals surface area contributed by atoms with Gasteiger partial charge in [0, 0.05) is 25.0 Å². The molecule has 1 fully saturated rings. The topological polar surface area (TPSA) is 40.6 Å². The average Bonchev–Trinajstić information content (AvgIpc) is 2.78. The standard InChI is InChI=1S/C11H23ClN2O2S/c1-3-13(4-2)11-6-8-14(10-11)17(15,16)9-5-7-12/h11H,3-10H2,1-2H3. The second kappa shape index (κ2) is 6.92. The zero-order chi connectivity index (χ0) is 12.9. The van der Waals surface area contributed by atoms with Crippen LogP contribution in [0.2, 0.25) is 0 Å². The number of hydrogen-bond donors (Lipinski definition) is 0. The molecule has 0 aromatic carbocycles. The van der Waals surface area contributed by atoms with Gasteiger partial charge in [-0.3, -0.25) is 4.90 Å². The van der Waals surface area contributed by atoms with Crippen molar-refractivity contribution in [1.29, 1.82) is 0 Å². The van der Waals surface area contributed by atoms with Crippen LogP contribution in [0.5, 0.6) is 0 Å². The molecule has 17 heavy (non-hydrogen) atoms. The Kier molecular flexibility index (Phi) is 6.20. The Morgan fingerprint density at radius 1 is 1.35 bits per heavy atom. The smallest absolute Gasteiger partial charge is 0.214 e. The van der Waals surface area contributed by atoms with Gasteiger partial charge in [-0.15, -0.1) is 11.6 Å². The number of nitrogens with zero attached hydrogens (tertiary/aromatic N) is 2. The Morgan fingerprint density at radius 2 is 2.00 bits per heavy atom. The second-order valence-electron chi connectivity index (χ2n) is 4.38. The summed E-state index contributed by atoms with van der Waals surface area (Å²) in [5.41, 5.74) is 0. The van der Waals surface area contributed by atoms with Gasteiger partial charge < -0.3 is 0 Å². The number of halogens is 1. The molecule has 0 amide bonds. The molecule has 0 aliphatic carbocycles. The fraction of sp³-hybridized carbons (Fsp3) is 1.00. The Balaban J connectivity index is 2.54. The van der Waals surface area contributed by atoms with E-state index in [0.29, 0.717) is 31.4 Å². The van der Waals surface area contributed by atoms with Crippen LogP contribution in [-0.2, 0) is 10.0 Å². The molecule has 1 aliphatic heterocycles. The molecule has 1 aliphatic rings. The molecule has 0 radical (unpaired) electrons. The van der Waals surface area contributed by atoms with Gasteiger partial charge in [-0.1, -0.05) is 13.8 Å². The van der Waals surface area contributed by atoms with E-state index in [1.807, 2.05) is 0 Å². The van der Waals surface area contributed by atoms with Crippen LogP contribution in [0.1, 0.15) is 26.7 Å². The molecule has 1 rings (SSSR count). The summed E-state index contributed by atoms with van der Waals surface area (Å²) >= 11 is 5.55. The summed E-state index contributed by atoms with van der Waals surface area (Å²) in [6.45, 7) is 7.51. The fourth-order valence-corrected chi connectivity index (χ4v) is 4.21. The number of alkyl halides is 1. The van der Waals surface area contributed by atoms with Gasteiger partial charge in [0.1, 0.15) is 0 Å². The van der Waals surface area contributed by atoms with Crippen LogP contribution in [0.3, 0.4) is 0 Å². The molecule has 6 heteroatoms. The van der Waals surface area contributed by atoms with E-state index in [9.17, 15) is 8.42 Å². The predicted molar refractivity (Wildman–Crippen MR) is 72.0 cm³/mol. The van der Waals surface area contributed by atoms with Crippen molar-refractivity contribution in [3.63, 3.8) is 0 Å². The molecule has 0 saturated carbocycles. The largest absolute Gasteiger partial charge is 0.300 e. The zero-order valence-electron chi connectivity index (χ0n) is 10.7. The summed E-state index contributed by atoms with van der Waals surface area (Å²) in [6.07, 6.45) is 1.48. The van der Waals surface area contributed by atoms with Crippen molar-refractivity contribution < 1.29 is 8.42 Å². The minimum atomic E-state index is -3.08. The summed E-state index contributed by atoms with van der Waals surface area (Å²) in [7, 11) is -3.08. The lowest BCUT2D eigenvalue weighted by Crippen LogP contribution is -2.39. The van der Waals surface area contributed by atoms with Crippen LogP contribution in [0, 0.1) is 0 Å². The number of hydrogen-bond acceptors (Lipinski definition) is 3. The van der Waals surface area contributed by atoms with Crippen molar-refractivity contribution in [3.05, 3.63) is 0 Å². The van der Waals surface area contributed by atoms with Crippen LogP contribution in [0.15, 0.2) is 0 Å². The highest BCUT2D eigenvalue weighted by Gasteiger charge is 2.32. The molecular formula is C11H23ClN2O2S. The van der Waals surface area contributed by atoms with Crippen LogP contribution in [0.4, 0.5) is 0 Å². The van der Waals surface area contributed by atoms with Gasteiger partial charge in [-0.05, 0) is 25.9 Å². The summed E-state index contributed by atoms with van der Waals surface area (Å²) in [6, 6.07) is 0.385. The normalized spacial score (nSPS) is 22.5. The Morgan fingerprint density at radius 3 is 2.53 bits per heavy atom. The van der Waals surface area contributed by atoms with Gasteiger partial charge in [0.15, 0.2) is 0 Å². The Bertz CT molecular complexity index is 317. The number of rotatable bonds is 7. The summed E-state index contributed by atoms with van der Waals surface area (Å²) in [5, 5.41) is 0. The number of sulfonamides is 1. The maximum Gasteiger partial charge on any atom is 0.214 e. The molecule has 0 spiro atoms. The van der Waals surface area contributed by atoms with Gasteiger partial charge in [-0.2, -0.15) is 0 Å². The van der Waals surface area contributed by atoms with Gasteiger partial charge in [0.25, 0.3) is 0 Å². The molecule has 1 unspecified atom stereocenters. The maximum absolute atomic E-state index is 12.0. The van der Waals surface area contributed by atoms with Gasteiger partial charge in [0.2, 0.25) is 10.0 Å². The van der Waals surface area contributed by atoms with Crippen molar-refractivity contribution in [2.75, 3.05) is 37.8 Å². The van der Waals surface area contributed by atoms with Crippen LogP contribution >= 0.6 is 11.6 Å². The average molecular weight is 283 g/mol. The number of likely N-dealkylation sites (N-methyl/N-ethyl adjacent to an activating group) is 1. The fourth-order valence-electron chi connectivity index (χ4n) is 2.37. The molecule has 0 aromatic rings. The van der Waals surface area contributed by atoms with Crippen molar-refractivity contribution in [3.8, 4) is 0 Å². The van der Waals surface area contributed by atoms with Crippen molar-refractivity contribution in [2.24, 2.45) is 0 Å². The Hall–Kier alpha value is 0.160. The lowest BCUT2D eigenvalue weighted by Gasteiger charge is -2.26. The minimum Gasteiger partial charge on any atom is -0.300 e. The van der Waals surface area contributed by atoms with Crippen LogP contribution in [0.25, 0.3) is 0 Å². The quantitative estimate of drug-likeness (QED) is 0.662. The van der Waals surface area contributed by atoms with E-state index < -0.39 is 10.0 Å². The lowest BCUT2D eigenvalue weighted by molar-refractivity contribution is 0.224. The molecule has 0 bridgehead atoms. The molecule has 102 valence electrons. The first-order valence-electron chi connectivity index (χ1n) is 6.33. The van der Waals surface area contributed by atoms with E-state index in [4.69, 9.17) is 11.6 Å². The van der Waals surface area contributed by atoms with Crippen LogP contribution in [-0.4, -0.2) is 61.5 Å². The van der Waals surface area contributed by atoms with Crippen molar-refractivity contribution in [2.45, 2.75) is 32.7 Å². The predicted octanol–water partition coefficient (Wildman–Crippen LogP) is 1.36. The van der Waals surface area contributed by atoms with Gasteiger partial charge in [0.05, 0.1) is 5.75 Å². The van der Waals surface area contributed by atoms with E-state index in [0.717, 1.165) is 19.5 Å². The van der Waals surface area contributed by atoms with E-state index in [-0.39, 0.29) is 5.75 Å².